The van der Waals surface area contributed by atoms with Crippen molar-refractivity contribution >= 4 is 41.2 Å². The molecule has 0 aliphatic rings. The molecule has 0 saturated carbocycles. The Hall–Kier alpha value is -3.75. The zero-order valence-corrected chi connectivity index (χ0v) is 27.1. The van der Waals surface area contributed by atoms with Gasteiger partial charge in [-0.15, -0.1) is 0 Å². The molecule has 8 nitrogen and oxygen atoms in total. The number of benzene rings is 3. The number of ether oxygens (including phenoxy) is 3. The van der Waals surface area contributed by atoms with Gasteiger partial charge in [-0.25, -0.2) is 5.43 Å². The summed E-state index contributed by atoms with van der Waals surface area (Å²) in [5.74, 6) is 0.663. The number of rotatable bonds is 13. The number of carbonyl (C=O) groups is 2. The Bertz CT molecular complexity index is 1450. The zero-order chi connectivity index (χ0) is 31.7. The maximum Gasteiger partial charge on any atom is 0.262 e. The molecule has 0 aliphatic carbocycles. The summed E-state index contributed by atoms with van der Waals surface area (Å²) in [4.78, 5) is 25.9. The second-order valence-electron chi connectivity index (χ2n) is 10.8. The van der Waals surface area contributed by atoms with Crippen LogP contribution in [0.25, 0.3) is 0 Å². The third-order valence-electron chi connectivity index (χ3n) is 6.70. The van der Waals surface area contributed by atoms with Crippen LogP contribution in [0.15, 0.2) is 53.6 Å². The highest BCUT2D eigenvalue weighted by atomic mass is 35.5. The summed E-state index contributed by atoms with van der Waals surface area (Å²) in [7, 11) is 1.57. The molecule has 0 heterocycles. The minimum atomic E-state index is -0.906. The third kappa shape index (κ3) is 9.90. The fourth-order valence-corrected chi connectivity index (χ4v) is 4.98. The van der Waals surface area contributed by atoms with Gasteiger partial charge >= 0.3 is 0 Å². The second kappa shape index (κ2) is 15.6. The molecular weight excluding hydrogens is 589 g/mol. The van der Waals surface area contributed by atoms with E-state index >= 15 is 0 Å². The molecule has 0 saturated heterocycles. The number of nitrogens with zero attached hydrogens (tertiary/aromatic N) is 1. The first-order valence-corrected chi connectivity index (χ1v) is 14.8. The summed E-state index contributed by atoms with van der Waals surface area (Å²) in [6.07, 6.45) is 0.999. The summed E-state index contributed by atoms with van der Waals surface area (Å²) < 4.78 is 17.3. The Morgan fingerprint density at radius 2 is 1.58 bits per heavy atom. The molecule has 230 valence electrons. The molecule has 0 aliphatic heterocycles. The molecule has 0 spiro atoms. The summed E-state index contributed by atoms with van der Waals surface area (Å²) in [5.41, 5.74) is 7.93. The van der Waals surface area contributed by atoms with Crippen molar-refractivity contribution in [1.29, 1.82) is 0 Å². The topological polar surface area (TPSA) is 98.2 Å². The van der Waals surface area contributed by atoms with Gasteiger partial charge in [0, 0.05) is 5.02 Å². The maximum absolute atomic E-state index is 13.0. The zero-order valence-electron chi connectivity index (χ0n) is 25.6. The predicted molar refractivity (Wildman–Crippen MR) is 172 cm³/mol. The van der Waals surface area contributed by atoms with Crippen LogP contribution in [0.1, 0.15) is 55.0 Å². The number of aryl methyl sites for hydroxylation is 3. The molecule has 2 atom stereocenters. The lowest BCUT2D eigenvalue weighted by Gasteiger charge is -2.22. The Morgan fingerprint density at radius 1 is 0.907 bits per heavy atom. The number of halogens is 2. The van der Waals surface area contributed by atoms with Crippen molar-refractivity contribution in [1.82, 2.24) is 10.7 Å². The number of methoxy groups -OCH3 is 1. The fourth-order valence-electron chi connectivity index (χ4n) is 4.53. The van der Waals surface area contributed by atoms with Gasteiger partial charge in [-0.1, -0.05) is 54.7 Å². The number of hydrogen-bond acceptors (Lipinski definition) is 6. The Kier molecular flexibility index (Phi) is 12.3. The number of nitrogens with one attached hydrogen (secondary N) is 2. The van der Waals surface area contributed by atoms with E-state index in [0.29, 0.717) is 40.9 Å². The van der Waals surface area contributed by atoms with Crippen LogP contribution in [-0.4, -0.2) is 37.3 Å². The van der Waals surface area contributed by atoms with Crippen LogP contribution in [-0.2, 0) is 16.2 Å². The van der Waals surface area contributed by atoms with Gasteiger partial charge in [0.15, 0.2) is 17.6 Å². The summed E-state index contributed by atoms with van der Waals surface area (Å²) in [6.45, 7) is 12.1. The summed E-state index contributed by atoms with van der Waals surface area (Å²) >= 11 is 12.1. The van der Waals surface area contributed by atoms with E-state index in [-0.39, 0.29) is 10.9 Å². The molecule has 2 N–H and O–H groups in total. The monoisotopic (exact) mass is 627 g/mol. The van der Waals surface area contributed by atoms with E-state index in [4.69, 9.17) is 37.4 Å². The van der Waals surface area contributed by atoms with Crippen LogP contribution < -0.4 is 25.0 Å². The smallest absolute Gasteiger partial charge is 0.262 e. The van der Waals surface area contributed by atoms with Crippen molar-refractivity contribution < 1.29 is 23.8 Å². The molecule has 2 amide bonds. The van der Waals surface area contributed by atoms with E-state index in [1.807, 2.05) is 19.9 Å². The highest BCUT2D eigenvalue weighted by Gasteiger charge is 2.25. The highest BCUT2D eigenvalue weighted by molar-refractivity contribution is 6.35. The molecule has 10 heteroatoms. The summed E-state index contributed by atoms with van der Waals surface area (Å²) in [5, 5.41) is 7.60. The minimum Gasteiger partial charge on any atom is -0.493 e. The molecule has 0 bridgehead atoms. The van der Waals surface area contributed by atoms with Crippen molar-refractivity contribution in [2.45, 2.75) is 66.7 Å². The molecule has 0 fully saturated rings. The first-order valence-electron chi connectivity index (χ1n) is 14.0. The molecule has 43 heavy (non-hydrogen) atoms. The lowest BCUT2D eigenvalue weighted by atomic mass is 10.0. The Morgan fingerprint density at radius 3 is 2.21 bits per heavy atom. The van der Waals surface area contributed by atoms with Crippen molar-refractivity contribution in [3.8, 4) is 17.2 Å². The number of hydrogen-bond donors (Lipinski definition) is 2. The van der Waals surface area contributed by atoms with E-state index in [1.165, 1.54) is 29.0 Å². The van der Waals surface area contributed by atoms with Gasteiger partial charge in [0.05, 0.1) is 18.3 Å². The van der Waals surface area contributed by atoms with Gasteiger partial charge in [0.1, 0.15) is 18.4 Å². The van der Waals surface area contributed by atoms with E-state index in [0.717, 1.165) is 5.56 Å². The summed E-state index contributed by atoms with van der Waals surface area (Å²) in [6, 6.07) is 13.6. The lowest BCUT2D eigenvalue weighted by Crippen LogP contribution is -2.49. The SMILES string of the molecule is COc1cc(/C=N\NC(=O)[C@@H](CC(C)C)NC(=O)[C@@H](C)Oc2ccc(Cl)cc2Cl)ccc1OCc1c(C)cc(C)cc1C. The van der Waals surface area contributed by atoms with Gasteiger partial charge in [-0.2, -0.15) is 5.10 Å². The number of hydrazone groups is 1. The first kappa shape index (κ1) is 33.7. The molecule has 3 rings (SSSR count). The third-order valence-corrected chi connectivity index (χ3v) is 7.23. The van der Waals surface area contributed by atoms with Crippen molar-refractivity contribution in [3.63, 3.8) is 0 Å². The highest BCUT2D eigenvalue weighted by Crippen LogP contribution is 2.30. The van der Waals surface area contributed by atoms with E-state index in [2.05, 4.69) is 48.7 Å². The van der Waals surface area contributed by atoms with Crippen LogP contribution in [0.4, 0.5) is 0 Å². The van der Waals surface area contributed by atoms with Crippen molar-refractivity contribution in [2.75, 3.05) is 7.11 Å². The molecular formula is C33H39Cl2N3O5. The molecule has 3 aromatic carbocycles. The maximum atomic E-state index is 13.0. The molecule has 0 aromatic heterocycles. The van der Waals surface area contributed by atoms with E-state index in [9.17, 15) is 9.59 Å². The predicted octanol–water partition coefficient (Wildman–Crippen LogP) is 6.95. The molecule has 3 aromatic rings. The van der Waals surface area contributed by atoms with Gasteiger partial charge in [-0.05, 0) is 98.7 Å². The Labute approximate surface area is 263 Å². The van der Waals surface area contributed by atoms with Crippen LogP contribution in [0, 0.1) is 26.7 Å². The molecule has 0 radical (unpaired) electrons. The van der Waals surface area contributed by atoms with E-state index < -0.39 is 24.0 Å². The van der Waals surface area contributed by atoms with Crippen LogP contribution in [0.2, 0.25) is 10.0 Å². The largest absolute Gasteiger partial charge is 0.493 e. The lowest BCUT2D eigenvalue weighted by molar-refractivity contribution is -0.132. The van der Waals surface area contributed by atoms with Crippen molar-refractivity contribution in [3.05, 3.63) is 86.4 Å². The quantitative estimate of drug-likeness (QED) is 0.158. The van der Waals surface area contributed by atoms with Gasteiger partial charge in [0.25, 0.3) is 11.8 Å². The fraction of sp³-hybridized carbons (Fsp3) is 0.364. The standard InChI is InChI=1S/C33H39Cl2N3O5/c1-19(2)12-28(37-32(39)23(6)43-29-11-9-25(34)16-27(29)35)33(40)38-36-17-24-8-10-30(31(15-24)41-7)42-18-26-21(4)13-20(3)14-22(26)5/h8-11,13-17,19,23,28H,12,18H2,1-7H3,(H,37,39)(H,38,40)/b36-17-/t23-,28-/m1/s1. The normalized spacial score (nSPS) is 12.6. The van der Waals surface area contributed by atoms with Gasteiger partial charge in [0.2, 0.25) is 0 Å². The second-order valence-corrected chi connectivity index (χ2v) is 11.7. The van der Waals surface area contributed by atoms with Gasteiger partial charge in [-0.3, -0.25) is 9.59 Å². The Balaban J connectivity index is 1.62. The first-order chi connectivity index (χ1) is 20.4. The average Bonchev–Trinajstić information content (AvgIpc) is 2.93. The van der Waals surface area contributed by atoms with Crippen LogP contribution in [0.3, 0.4) is 0 Å². The van der Waals surface area contributed by atoms with Gasteiger partial charge < -0.3 is 19.5 Å². The van der Waals surface area contributed by atoms with Crippen LogP contribution >= 0.6 is 23.2 Å². The number of carbonyl (C=O) groups excluding carboxylic acids is 2. The number of amides is 2. The van der Waals surface area contributed by atoms with E-state index in [1.54, 1.807) is 38.3 Å². The van der Waals surface area contributed by atoms with Crippen molar-refractivity contribution in [2.24, 2.45) is 11.0 Å². The average molecular weight is 629 g/mol. The minimum absolute atomic E-state index is 0.131. The van der Waals surface area contributed by atoms with Crippen LogP contribution in [0.5, 0.6) is 17.2 Å². The molecule has 0 unspecified atom stereocenters.